The molecule has 2 fully saturated rings. The Morgan fingerprint density at radius 2 is 2.08 bits per heavy atom. The van der Waals surface area contributed by atoms with Gasteiger partial charge in [0, 0.05) is 30.9 Å². The van der Waals surface area contributed by atoms with Gasteiger partial charge < -0.3 is 14.7 Å². The molecule has 2 aliphatic rings. The van der Waals surface area contributed by atoms with E-state index in [2.05, 4.69) is 23.0 Å². The van der Waals surface area contributed by atoms with Crippen LogP contribution < -0.4 is 0 Å². The fourth-order valence-electron chi connectivity index (χ4n) is 4.33. The van der Waals surface area contributed by atoms with E-state index in [0.717, 1.165) is 25.6 Å². The van der Waals surface area contributed by atoms with Crippen LogP contribution in [0.3, 0.4) is 0 Å². The number of hydrogen-bond donors (Lipinski definition) is 1. The number of hydrogen-bond acceptors (Lipinski definition) is 4. The van der Waals surface area contributed by atoms with E-state index in [1.807, 2.05) is 10.9 Å². The Hall–Kier alpha value is -0.910. The van der Waals surface area contributed by atoms with Crippen molar-refractivity contribution in [3.05, 3.63) is 18.0 Å². The van der Waals surface area contributed by atoms with E-state index in [4.69, 9.17) is 4.74 Å². The summed E-state index contributed by atoms with van der Waals surface area (Å²) < 4.78 is 8.16. The first kappa shape index (κ1) is 17.9. The summed E-state index contributed by atoms with van der Waals surface area (Å²) >= 11 is 0. The number of rotatable bonds is 7. The summed E-state index contributed by atoms with van der Waals surface area (Å²) in [6, 6.07) is 2.12. The number of aliphatic hydroxyl groups is 1. The molecule has 0 amide bonds. The Kier molecular flexibility index (Phi) is 6.69. The minimum atomic E-state index is 0.151. The summed E-state index contributed by atoms with van der Waals surface area (Å²) in [6.45, 7) is 7.24. The van der Waals surface area contributed by atoms with E-state index in [0.29, 0.717) is 18.6 Å². The fraction of sp³-hybridized carbons (Fsp3) is 0.842. The predicted octanol–water partition coefficient (Wildman–Crippen LogP) is 2.65. The van der Waals surface area contributed by atoms with Crippen LogP contribution in [0, 0.1) is 5.92 Å². The molecule has 1 aromatic heterocycles. The summed E-state index contributed by atoms with van der Waals surface area (Å²) in [5.41, 5.74) is 1.27. The molecule has 0 spiro atoms. The van der Waals surface area contributed by atoms with Gasteiger partial charge in [-0.3, -0.25) is 4.68 Å². The smallest absolute Gasteiger partial charge is 0.0644 e. The third kappa shape index (κ3) is 4.58. The van der Waals surface area contributed by atoms with Crippen LogP contribution in [0.2, 0.25) is 0 Å². The van der Waals surface area contributed by atoms with Crippen molar-refractivity contribution in [1.82, 2.24) is 14.7 Å². The van der Waals surface area contributed by atoms with Gasteiger partial charge in [-0.25, -0.2) is 0 Å². The van der Waals surface area contributed by atoms with E-state index in [1.54, 1.807) is 0 Å². The quantitative estimate of drug-likeness (QED) is 0.832. The van der Waals surface area contributed by atoms with E-state index in [9.17, 15) is 5.11 Å². The number of ether oxygens (including phenoxy) is 1. The van der Waals surface area contributed by atoms with Crippen molar-refractivity contribution < 1.29 is 9.84 Å². The maximum atomic E-state index is 9.19. The summed E-state index contributed by atoms with van der Waals surface area (Å²) in [7, 11) is 0. The Balaban J connectivity index is 1.46. The average Bonchev–Trinajstić information content (AvgIpc) is 3.06. The van der Waals surface area contributed by atoms with Crippen molar-refractivity contribution in [3.63, 3.8) is 0 Å². The largest absolute Gasteiger partial charge is 0.394 e. The molecule has 5 nitrogen and oxygen atoms in total. The Morgan fingerprint density at radius 3 is 2.92 bits per heavy atom. The third-order valence-corrected chi connectivity index (χ3v) is 5.76. The molecule has 24 heavy (non-hydrogen) atoms. The van der Waals surface area contributed by atoms with Gasteiger partial charge in [0.15, 0.2) is 0 Å². The monoisotopic (exact) mass is 335 g/mol. The summed E-state index contributed by atoms with van der Waals surface area (Å²) in [4.78, 5) is 2.54. The van der Waals surface area contributed by atoms with Crippen LogP contribution in [0.15, 0.2) is 12.3 Å². The molecule has 1 N–H and O–H groups in total. The van der Waals surface area contributed by atoms with Crippen LogP contribution in [0.4, 0.5) is 0 Å². The van der Waals surface area contributed by atoms with Gasteiger partial charge in [0.25, 0.3) is 0 Å². The van der Waals surface area contributed by atoms with Gasteiger partial charge in [-0.1, -0.05) is 19.8 Å². The van der Waals surface area contributed by atoms with Crippen LogP contribution in [0.25, 0.3) is 0 Å². The van der Waals surface area contributed by atoms with Gasteiger partial charge in [0.2, 0.25) is 0 Å². The summed E-state index contributed by atoms with van der Waals surface area (Å²) in [5.74, 6) is 1.25. The number of likely N-dealkylation sites (tertiary alicyclic amines) is 1. The normalized spacial score (nSPS) is 29.0. The van der Waals surface area contributed by atoms with E-state index in [-0.39, 0.29) is 6.61 Å². The van der Waals surface area contributed by atoms with Gasteiger partial charge in [-0.15, -0.1) is 0 Å². The maximum Gasteiger partial charge on any atom is 0.0644 e. The molecule has 0 bridgehead atoms. The predicted molar refractivity (Wildman–Crippen MR) is 95.1 cm³/mol. The second kappa shape index (κ2) is 8.97. The zero-order valence-electron chi connectivity index (χ0n) is 15.1. The lowest BCUT2D eigenvalue weighted by atomic mass is 9.88. The SMILES string of the molecule is CC1CCCCC1OCCN1CCCC(c2ccnn2CCO)C1. The topological polar surface area (TPSA) is 50.5 Å². The first-order chi connectivity index (χ1) is 11.8. The Bertz CT molecular complexity index is 491. The van der Waals surface area contributed by atoms with E-state index in [1.165, 1.54) is 50.8 Å². The lowest BCUT2D eigenvalue weighted by molar-refractivity contribution is -0.0160. The number of nitrogens with zero attached hydrogens (tertiary/aromatic N) is 3. The van der Waals surface area contributed by atoms with Crippen molar-refractivity contribution in [1.29, 1.82) is 0 Å². The zero-order chi connectivity index (χ0) is 16.8. The van der Waals surface area contributed by atoms with Gasteiger partial charge in [0.05, 0.1) is 25.9 Å². The highest BCUT2D eigenvalue weighted by molar-refractivity contribution is 5.10. The lowest BCUT2D eigenvalue weighted by Gasteiger charge is -2.34. The van der Waals surface area contributed by atoms with Crippen molar-refractivity contribution in [3.8, 4) is 0 Å². The Morgan fingerprint density at radius 1 is 1.21 bits per heavy atom. The minimum Gasteiger partial charge on any atom is -0.394 e. The molecule has 5 heteroatoms. The molecular formula is C19H33N3O2. The zero-order valence-corrected chi connectivity index (χ0v) is 15.1. The molecule has 136 valence electrons. The van der Waals surface area contributed by atoms with E-state index < -0.39 is 0 Å². The molecule has 3 atom stereocenters. The van der Waals surface area contributed by atoms with Crippen LogP contribution in [-0.2, 0) is 11.3 Å². The molecule has 1 saturated carbocycles. The minimum absolute atomic E-state index is 0.151. The number of piperidine rings is 1. The first-order valence-electron chi connectivity index (χ1n) is 9.74. The maximum absolute atomic E-state index is 9.19. The highest BCUT2D eigenvalue weighted by atomic mass is 16.5. The molecular weight excluding hydrogens is 302 g/mol. The van der Waals surface area contributed by atoms with Crippen molar-refractivity contribution in [2.24, 2.45) is 5.92 Å². The van der Waals surface area contributed by atoms with Gasteiger partial charge in [0.1, 0.15) is 0 Å². The third-order valence-electron chi connectivity index (χ3n) is 5.76. The standard InChI is InChI=1S/C19H33N3O2/c1-16-5-2-3-7-19(16)24-14-12-21-10-4-6-17(15-21)18-8-9-20-22(18)11-13-23/h8-9,16-17,19,23H,2-7,10-15H2,1H3. The molecule has 0 aromatic carbocycles. The number of aromatic nitrogens is 2. The molecule has 0 radical (unpaired) electrons. The molecule has 3 rings (SSSR count). The van der Waals surface area contributed by atoms with Crippen LogP contribution >= 0.6 is 0 Å². The van der Waals surface area contributed by atoms with Gasteiger partial charge in [-0.05, 0) is 44.2 Å². The second-order valence-electron chi connectivity index (χ2n) is 7.51. The average molecular weight is 335 g/mol. The summed E-state index contributed by atoms with van der Waals surface area (Å²) in [5, 5.41) is 13.5. The molecule has 1 saturated heterocycles. The molecule has 1 aromatic rings. The van der Waals surface area contributed by atoms with Gasteiger partial charge >= 0.3 is 0 Å². The van der Waals surface area contributed by atoms with Gasteiger partial charge in [-0.2, -0.15) is 5.10 Å². The second-order valence-corrected chi connectivity index (χ2v) is 7.51. The molecule has 1 aliphatic carbocycles. The lowest BCUT2D eigenvalue weighted by Crippen LogP contribution is -2.38. The molecule has 1 aliphatic heterocycles. The summed E-state index contributed by atoms with van der Waals surface area (Å²) in [6.07, 6.45) is 10.0. The molecule has 2 heterocycles. The van der Waals surface area contributed by atoms with Crippen molar-refractivity contribution in [2.45, 2.75) is 64.0 Å². The van der Waals surface area contributed by atoms with Crippen LogP contribution in [-0.4, -0.2) is 58.7 Å². The highest BCUT2D eigenvalue weighted by Gasteiger charge is 2.25. The molecule has 3 unspecified atom stereocenters. The fourth-order valence-corrected chi connectivity index (χ4v) is 4.33. The highest BCUT2D eigenvalue weighted by Crippen LogP contribution is 2.28. The Labute approximate surface area is 146 Å². The van der Waals surface area contributed by atoms with Crippen LogP contribution in [0.5, 0.6) is 0 Å². The van der Waals surface area contributed by atoms with Crippen LogP contribution in [0.1, 0.15) is 57.1 Å². The van der Waals surface area contributed by atoms with Crippen molar-refractivity contribution in [2.75, 3.05) is 32.8 Å². The van der Waals surface area contributed by atoms with E-state index >= 15 is 0 Å². The number of aliphatic hydroxyl groups excluding tert-OH is 1. The van der Waals surface area contributed by atoms with Crippen molar-refractivity contribution >= 4 is 0 Å². The first-order valence-corrected chi connectivity index (χ1v) is 9.74.